The van der Waals surface area contributed by atoms with Crippen LogP contribution >= 0.6 is 0 Å². The molecule has 1 aliphatic rings. The van der Waals surface area contributed by atoms with E-state index >= 15 is 0 Å². The van der Waals surface area contributed by atoms with Crippen LogP contribution in [0.15, 0.2) is 36.9 Å². The minimum Gasteiger partial charge on any atom is -0.382 e. The summed E-state index contributed by atoms with van der Waals surface area (Å²) in [6.45, 7) is 10.7. The molecule has 3 aromatic rings. The van der Waals surface area contributed by atoms with Crippen molar-refractivity contribution in [2.75, 3.05) is 12.3 Å². The van der Waals surface area contributed by atoms with Gasteiger partial charge in [-0.3, -0.25) is 14.7 Å². The number of imidazole rings is 1. The summed E-state index contributed by atoms with van der Waals surface area (Å²) in [6, 6.07) is 6.60. The van der Waals surface area contributed by atoms with E-state index in [0.29, 0.717) is 35.6 Å². The molecule has 0 spiro atoms. The lowest BCUT2D eigenvalue weighted by Crippen LogP contribution is -2.45. The lowest BCUT2D eigenvalue weighted by Gasteiger charge is -2.34. The standard InChI is InChI=1S/C23H31N6O5Si/c1-22(2,3)33-12-18-17(32-11-15-8-6-7-9-16(15)29(30)31)10-23(34-18,35(4)5)28-14-27-19-20(24)25-13-26-21(19)28/h6-9,13-14,17-18H,10-12H2,1-5H3,(H2,24,25,26)/t17-,18+,23-/m0/s1. The zero-order valence-electron chi connectivity index (χ0n) is 20.6. The average molecular weight is 500 g/mol. The smallest absolute Gasteiger partial charge is 0.274 e. The molecule has 0 bridgehead atoms. The second kappa shape index (κ2) is 9.61. The van der Waals surface area contributed by atoms with Crippen molar-refractivity contribution in [3.8, 4) is 0 Å². The Hall–Kier alpha value is -2.93. The first kappa shape index (κ1) is 25.2. The van der Waals surface area contributed by atoms with E-state index in [1.54, 1.807) is 24.5 Å². The number of rotatable bonds is 8. The van der Waals surface area contributed by atoms with Crippen molar-refractivity contribution < 1.29 is 19.1 Å². The van der Waals surface area contributed by atoms with Gasteiger partial charge in [0, 0.05) is 12.5 Å². The molecule has 35 heavy (non-hydrogen) atoms. The van der Waals surface area contributed by atoms with Crippen LogP contribution in [0.5, 0.6) is 0 Å². The van der Waals surface area contributed by atoms with Crippen LogP contribution in [0.2, 0.25) is 13.1 Å². The van der Waals surface area contributed by atoms with E-state index in [0.717, 1.165) is 0 Å². The summed E-state index contributed by atoms with van der Waals surface area (Å²) in [5.74, 6) is 0.305. The van der Waals surface area contributed by atoms with Crippen molar-refractivity contribution in [3.63, 3.8) is 0 Å². The largest absolute Gasteiger partial charge is 0.382 e. The first-order valence-corrected chi connectivity index (χ1v) is 13.9. The third-order valence-corrected chi connectivity index (χ3v) is 8.22. The van der Waals surface area contributed by atoms with Gasteiger partial charge in [-0.05, 0) is 26.8 Å². The highest BCUT2D eigenvalue weighted by Gasteiger charge is 2.52. The first-order valence-electron chi connectivity index (χ1n) is 11.4. The number of hydrogen-bond acceptors (Lipinski definition) is 9. The molecule has 4 rings (SSSR count). The van der Waals surface area contributed by atoms with E-state index < -0.39 is 25.2 Å². The highest BCUT2D eigenvalue weighted by atomic mass is 28.3. The number of benzene rings is 1. The maximum Gasteiger partial charge on any atom is 0.274 e. The molecule has 3 heterocycles. The summed E-state index contributed by atoms with van der Waals surface area (Å²) < 4.78 is 21.1. The maximum atomic E-state index is 11.5. The predicted molar refractivity (Wildman–Crippen MR) is 132 cm³/mol. The second-order valence-corrected chi connectivity index (χ2v) is 12.6. The Kier molecular flexibility index (Phi) is 6.91. The van der Waals surface area contributed by atoms with E-state index in [4.69, 9.17) is 19.9 Å². The molecule has 1 fully saturated rings. The van der Waals surface area contributed by atoms with Crippen LogP contribution in [0.4, 0.5) is 11.5 Å². The van der Waals surface area contributed by atoms with Crippen molar-refractivity contribution in [1.82, 2.24) is 19.5 Å². The number of nitro groups is 1. The summed E-state index contributed by atoms with van der Waals surface area (Å²) in [5.41, 5.74) is 7.32. The maximum absolute atomic E-state index is 11.5. The number of nitrogen functional groups attached to an aromatic ring is 1. The predicted octanol–water partition coefficient (Wildman–Crippen LogP) is 3.45. The first-order chi connectivity index (χ1) is 16.5. The fourth-order valence-corrected chi connectivity index (χ4v) is 5.90. The van der Waals surface area contributed by atoms with Crippen LogP contribution in [-0.4, -0.2) is 57.7 Å². The molecule has 2 N–H and O–H groups in total. The molecule has 187 valence electrons. The van der Waals surface area contributed by atoms with Crippen molar-refractivity contribution in [3.05, 3.63) is 52.6 Å². The van der Waals surface area contributed by atoms with E-state index in [1.807, 2.05) is 25.3 Å². The number of nitrogens with zero attached hydrogens (tertiary/aromatic N) is 5. The summed E-state index contributed by atoms with van der Waals surface area (Å²) in [4.78, 5) is 24.0. The Bertz CT molecular complexity index is 1210. The Morgan fingerprint density at radius 3 is 2.71 bits per heavy atom. The van der Waals surface area contributed by atoms with E-state index in [1.165, 1.54) is 12.4 Å². The molecule has 2 aromatic heterocycles. The molecule has 1 aromatic carbocycles. The van der Waals surface area contributed by atoms with Gasteiger partial charge >= 0.3 is 0 Å². The normalized spacial score (nSPS) is 22.8. The Labute approximate surface area is 205 Å². The van der Waals surface area contributed by atoms with Crippen LogP contribution in [0.3, 0.4) is 0 Å². The number of aromatic nitrogens is 4. The Balaban J connectivity index is 1.68. The molecule has 0 amide bonds. The zero-order chi connectivity index (χ0) is 25.4. The monoisotopic (exact) mass is 499 g/mol. The SMILES string of the molecule is C[Si](C)[C@]1(n2cnc3c(N)ncnc32)C[C@H](OCc2ccccc2[N+](=O)[O-])[C@@H](COC(C)(C)C)O1. The molecule has 12 heteroatoms. The second-order valence-electron chi connectivity index (χ2n) is 9.85. The van der Waals surface area contributed by atoms with Crippen molar-refractivity contribution in [1.29, 1.82) is 0 Å². The van der Waals surface area contributed by atoms with Crippen LogP contribution in [0.25, 0.3) is 11.2 Å². The number of anilines is 1. The van der Waals surface area contributed by atoms with Crippen LogP contribution in [0, 0.1) is 10.1 Å². The van der Waals surface area contributed by atoms with Crippen molar-refractivity contribution in [2.24, 2.45) is 0 Å². The van der Waals surface area contributed by atoms with Gasteiger partial charge in [-0.25, -0.2) is 15.0 Å². The number of para-hydroxylation sites is 1. The highest BCUT2D eigenvalue weighted by Crippen LogP contribution is 2.41. The summed E-state index contributed by atoms with van der Waals surface area (Å²) in [5, 5.41) is 10.7. The molecule has 0 unspecified atom stereocenters. The molecule has 3 atom stereocenters. The van der Waals surface area contributed by atoms with E-state index in [2.05, 4.69) is 28.0 Å². The van der Waals surface area contributed by atoms with Gasteiger partial charge in [-0.2, -0.15) is 0 Å². The lowest BCUT2D eigenvalue weighted by atomic mass is 10.1. The fraction of sp³-hybridized carbons (Fsp3) is 0.522. The molecule has 0 aliphatic carbocycles. The van der Waals surface area contributed by atoms with Gasteiger partial charge in [0.2, 0.25) is 0 Å². The van der Waals surface area contributed by atoms with Crippen LogP contribution in [-0.2, 0) is 26.2 Å². The molecule has 1 radical (unpaired) electrons. The Morgan fingerprint density at radius 2 is 2.03 bits per heavy atom. The number of ether oxygens (including phenoxy) is 3. The van der Waals surface area contributed by atoms with E-state index in [9.17, 15) is 10.1 Å². The molecule has 0 saturated carbocycles. The van der Waals surface area contributed by atoms with Gasteiger partial charge in [-0.1, -0.05) is 25.2 Å². The van der Waals surface area contributed by atoms with Gasteiger partial charge in [0.25, 0.3) is 5.69 Å². The Morgan fingerprint density at radius 1 is 1.29 bits per heavy atom. The van der Waals surface area contributed by atoms with Gasteiger partial charge in [0.1, 0.15) is 32.1 Å². The zero-order valence-corrected chi connectivity index (χ0v) is 21.6. The van der Waals surface area contributed by atoms with Crippen molar-refractivity contribution >= 4 is 31.5 Å². The minimum absolute atomic E-state index is 0.0312. The number of nitrogens with two attached hydrogens (primary N) is 1. The topological polar surface area (TPSA) is 140 Å². The fourth-order valence-electron chi connectivity index (χ4n) is 4.26. The molecule has 11 nitrogen and oxygen atoms in total. The summed E-state index contributed by atoms with van der Waals surface area (Å²) in [6.07, 6.45) is 2.86. The molecule has 1 aliphatic heterocycles. The van der Waals surface area contributed by atoms with E-state index in [-0.39, 0.29) is 24.0 Å². The summed E-state index contributed by atoms with van der Waals surface area (Å²) >= 11 is 0. The van der Waals surface area contributed by atoms with Crippen LogP contribution < -0.4 is 5.73 Å². The number of nitro benzene ring substituents is 1. The van der Waals surface area contributed by atoms with Crippen LogP contribution in [0.1, 0.15) is 32.8 Å². The third kappa shape index (κ3) is 5.05. The quantitative estimate of drug-likeness (QED) is 0.280. The molecular formula is C23H31N6O5Si. The molecular weight excluding hydrogens is 468 g/mol. The number of hydrogen-bond donors (Lipinski definition) is 1. The summed E-state index contributed by atoms with van der Waals surface area (Å²) in [7, 11) is -1.16. The highest BCUT2D eigenvalue weighted by molar-refractivity contribution is 6.58. The average Bonchev–Trinajstić information content (AvgIpc) is 3.39. The van der Waals surface area contributed by atoms with Gasteiger partial charge in [0.05, 0.1) is 41.7 Å². The lowest BCUT2D eigenvalue weighted by molar-refractivity contribution is -0.386. The third-order valence-electron chi connectivity index (χ3n) is 6.09. The van der Waals surface area contributed by atoms with Gasteiger partial charge < -0.3 is 19.9 Å². The minimum atomic E-state index is -1.16. The van der Waals surface area contributed by atoms with Gasteiger partial charge in [0.15, 0.2) is 11.5 Å². The molecule has 1 saturated heterocycles. The van der Waals surface area contributed by atoms with Gasteiger partial charge in [-0.15, -0.1) is 0 Å². The van der Waals surface area contributed by atoms with Crippen molar-refractivity contribution in [2.45, 2.75) is 70.1 Å². The number of fused-ring (bicyclic) bond motifs is 1.